The molecule has 1 aliphatic heterocycles. The lowest BCUT2D eigenvalue weighted by molar-refractivity contribution is 0.141. The first kappa shape index (κ1) is 14.4. The number of halogens is 1. The van der Waals surface area contributed by atoms with Crippen molar-refractivity contribution in [2.45, 2.75) is 25.6 Å². The van der Waals surface area contributed by atoms with Crippen LogP contribution in [0.25, 0.3) is 0 Å². The molecule has 1 aliphatic rings. The summed E-state index contributed by atoms with van der Waals surface area (Å²) in [7, 11) is 0. The van der Waals surface area contributed by atoms with Crippen molar-refractivity contribution in [2.75, 3.05) is 6.61 Å². The van der Waals surface area contributed by atoms with E-state index in [0.29, 0.717) is 12.4 Å². The van der Waals surface area contributed by atoms with Gasteiger partial charge in [-0.1, -0.05) is 40.2 Å². The molecule has 4 heteroatoms. The number of fused-ring (bicyclic) bond motifs is 1. The fourth-order valence-corrected chi connectivity index (χ4v) is 2.85. The van der Waals surface area contributed by atoms with Crippen LogP contribution in [0.1, 0.15) is 24.2 Å². The third kappa shape index (κ3) is 3.22. The molecule has 0 aromatic heterocycles. The van der Waals surface area contributed by atoms with Crippen molar-refractivity contribution in [3.8, 4) is 11.5 Å². The van der Waals surface area contributed by atoms with Gasteiger partial charge in [-0.25, -0.2) is 0 Å². The summed E-state index contributed by atoms with van der Waals surface area (Å²) < 4.78 is 12.7. The first-order chi connectivity index (χ1) is 10.1. The number of hydrogen-bond donors (Lipinski definition) is 1. The maximum Gasteiger partial charge on any atom is 0.137 e. The molecule has 110 valence electrons. The molecule has 1 heterocycles. The van der Waals surface area contributed by atoms with Crippen LogP contribution in [-0.2, 0) is 6.42 Å². The summed E-state index contributed by atoms with van der Waals surface area (Å²) in [6.45, 7) is 2.20. The van der Waals surface area contributed by atoms with E-state index < -0.39 is 6.10 Å². The lowest BCUT2D eigenvalue weighted by Crippen LogP contribution is -2.22. The quantitative estimate of drug-likeness (QED) is 0.910. The van der Waals surface area contributed by atoms with E-state index in [4.69, 9.17) is 9.47 Å². The van der Waals surface area contributed by atoms with Crippen LogP contribution in [0, 0.1) is 0 Å². The zero-order chi connectivity index (χ0) is 14.8. The first-order valence-corrected chi connectivity index (χ1v) is 7.77. The van der Waals surface area contributed by atoms with Crippen molar-refractivity contribution in [1.29, 1.82) is 0 Å². The summed E-state index contributed by atoms with van der Waals surface area (Å²) in [5, 5.41) is 9.80. The molecule has 0 radical (unpaired) electrons. The highest BCUT2D eigenvalue weighted by atomic mass is 79.9. The van der Waals surface area contributed by atoms with Gasteiger partial charge in [0.25, 0.3) is 0 Å². The standard InChI is InChI=1S/C17H17BrO3/c1-11(19)15-7-6-13(18)9-17(15)20-10-14-8-12-4-2-3-5-16(12)21-14/h2-7,9,11,14,19H,8,10H2,1H3. The topological polar surface area (TPSA) is 38.7 Å². The zero-order valence-corrected chi connectivity index (χ0v) is 13.3. The van der Waals surface area contributed by atoms with Gasteiger partial charge < -0.3 is 14.6 Å². The Morgan fingerprint density at radius 3 is 2.90 bits per heavy atom. The first-order valence-electron chi connectivity index (χ1n) is 6.98. The Bertz CT molecular complexity index is 615. The highest BCUT2D eigenvalue weighted by Crippen LogP contribution is 2.31. The van der Waals surface area contributed by atoms with Crippen molar-refractivity contribution < 1.29 is 14.6 Å². The summed E-state index contributed by atoms with van der Waals surface area (Å²) in [6.07, 6.45) is 0.312. The SMILES string of the molecule is CC(O)c1ccc(Br)cc1OCC1Cc2ccccc2O1. The Labute approximate surface area is 132 Å². The Hall–Kier alpha value is -1.52. The second-order valence-electron chi connectivity index (χ2n) is 5.22. The minimum atomic E-state index is -0.560. The van der Waals surface area contributed by atoms with Crippen molar-refractivity contribution in [1.82, 2.24) is 0 Å². The lowest BCUT2D eigenvalue weighted by atomic mass is 10.1. The average molecular weight is 349 g/mol. The summed E-state index contributed by atoms with van der Waals surface area (Å²) in [5.41, 5.74) is 2.00. The molecule has 0 fully saturated rings. The minimum Gasteiger partial charge on any atom is -0.489 e. The number of rotatable bonds is 4. The molecule has 1 N–H and O–H groups in total. The predicted octanol–water partition coefficient (Wildman–Crippen LogP) is 3.88. The molecular weight excluding hydrogens is 332 g/mol. The van der Waals surface area contributed by atoms with Gasteiger partial charge in [0, 0.05) is 16.5 Å². The number of aliphatic hydroxyl groups is 1. The van der Waals surface area contributed by atoms with Crippen LogP contribution in [0.5, 0.6) is 11.5 Å². The largest absolute Gasteiger partial charge is 0.489 e. The smallest absolute Gasteiger partial charge is 0.137 e. The highest BCUT2D eigenvalue weighted by Gasteiger charge is 2.23. The molecule has 0 amide bonds. The normalized spacial score (nSPS) is 18.0. The van der Waals surface area contributed by atoms with Gasteiger partial charge in [0.15, 0.2) is 0 Å². The summed E-state index contributed by atoms with van der Waals surface area (Å²) in [4.78, 5) is 0. The number of aliphatic hydroxyl groups excluding tert-OH is 1. The van der Waals surface area contributed by atoms with Crippen molar-refractivity contribution >= 4 is 15.9 Å². The van der Waals surface area contributed by atoms with Crippen molar-refractivity contribution in [2.24, 2.45) is 0 Å². The van der Waals surface area contributed by atoms with Crippen LogP contribution < -0.4 is 9.47 Å². The zero-order valence-electron chi connectivity index (χ0n) is 11.8. The second-order valence-corrected chi connectivity index (χ2v) is 6.14. The summed E-state index contributed by atoms with van der Waals surface area (Å²) >= 11 is 3.43. The molecule has 3 nitrogen and oxygen atoms in total. The fourth-order valence-electron chi connectivity index (χ4n) is 2.51. The molecule has 21 heavy (non-hydrogen) atoms. The molecule has 0 aliphatic carbocycles. The van der Waals surface area contributed by atoms with Crippen LogP contribution >= 0.6 is 15.9 Å². The number of hydrogen-bond acceptors (Lipinski definition) is 3. The fraction of sp³-hybridized carbons (Fsp3) is 0.294. The minimum absolute atomic E-state index is 0.0169. The van der Waals surface area contributed by atoms with E-state index in [9.17, 15) is 5.11 Å². The van der Waals surface area contributed by atoms with E-state index in [0.717, 1.165) is 22.2 Å². The van der Waals surface area contributed by atoms with E-state index in [1.807, 2.05) is 36.4 Å². The number of ether oxygens (including phenoxy) is 2. The molecule has 0 saturated heterocycles. The van der Waals surface area contributed by atoms with Crippen LogP contribution in [-0.4, -0.2) is 17.8 Å². The Kier molecular flexibility index (Phi) is 4.17. The average Bonchev–Trinajstić information content (AvgIpc) is 2.87. The third-order valence-electron chi connectivity index (χ3n) is 3.56. The van der Waals surface area contributed by atoms with Gasteiger partial charge in [0.2, 0.25) is 0 Å². The summed E-state index contributed by atoms with van der Waals surface area (Å²) in [5.74, 6) is 1.63. The van der Waals surface area contributed by atoms with Gasteiger partial charge in [-0.15, -0.1) is 0 Å². The molecule has 0 spiro atoms. The number of benzene rings is 2. The van der Waals surface area contributed by atoms with Gasteiger partial charge in [-0.2, -0.15) is 0 Å². The van der Waals surface area contributed by atoms with Gasteiger partial charge in [-0.05, 0) is 30.7 Å². The predicted molar refractivity (Wildman–Crippen MR) is 84.8 cm³/mol. The van der Waals surface area contributed by atoms with Crippen molar-refractivity contribution in [3.05, 3.63) is 58.1 Å². The van der Waals surface area contributed by atoms with E-state index in [1.54, 1.807) is 6.92 Å². The molecule has 0 bridgehead atoms. The van der Waals surface area contributed by atoms with Crippen LogP contribution in [0.3, 0.4) is 0 Å². The van der Waals surface area contributed by atoms with Crippen LogP contribution in [0.15, 0.2) is 46.9 Å². The molecule has 0 saturated carbocycles. The van der Waals surface area contributed by atoms with Crippen molar-refractivity contribution in [3.63, 3.8) is 0 Å². The van der Waals surface area contributed by atoms with Crippen LogP contribution in [0.2, 0.25) is 0 Å². The van der Waals surface area contributed by atoms with Gasteiger partial charge in [0.1, 0.15) is 24.2 Å². The van der Waals surface area contributed by atoms with Gasteiger partial charge in [-0.3, -0.25) is 0 Å². The van der Waals surface area contributed by atoms with Gasteiger partial charge in [0.05, 0.1) is 6.10 Å². The molecule has 2 aromatic rings. The maximum absolute atomic E-state index is 9.80. The van der Waals surface area contributed by atoms with E-state index in [1.165, 1.54) is 5.56 Å². The molecule has 2 unspecified atom stereocenters. The maximum atomic E-state index is 9.80. The molecule has 2 atom stereocenters. The van der Waals surface area contributed by atoms with Gasteiger partial charge >= 0.3 is 0 Å². The third-order valence-corrected chi connectivity index (χ3v) is 4.06. The highest BCUT2D eigenvalue weighted by molar-refractivity contribution is 9.10. The number of para-hydroxylation sites is 1. The Morgan fingerprint density at radius 1 is 1.33 bits per heavy atom. The molecule has 2 aromatic carbocycles. The Morgan fingerprint density at radius 2 is 2.14 bits per heavy atom. The van der Waals surface area contributed by atoms with E-state index in [-0.39, 0.29) is 6.10 Å². The molecule has 3 rings (SSSR count). The van der Waals surface area contributed by atoms with E-state index in [2.05, 4.69) is 22.0 Å². The van der Waals surface area contributed by atoms with Crippen LogP contribution in [0.4, 0.5) is 0 Å². The molecular formula is C17H17BrO3. The lowest BCUT2D eigenvalue weighted by Gasteiger charge is -2.16. The monoisotopic (exact) mass is 348 g/mol. The summed E-state index contributed by atoms with van der Waals surface area (Å²) in [6, 6.07) is 13.7. The second kappa shape index (κ2) is 6.08. The van der Waals surface area contributed by atoms with E-state index >= 15 is 0 Å². The Balaban J connectivity index is 1.68.